The number of halogens is 3. The Morgan fingerprint density at radius 1 is 0.962 bits per heavy atom. The summed E-state index contributed by atoms with van der Waals surface area (Å²) in [6.45, 7) is 2.01. The maximum atomic E-state index is 12.9. The summed E-state index contributed by atoms with van der Waals surface area (Å²) in [5.41, 5.74) is -1.47. The molecule has 0 aliphatic carbocycles. The lowest BCUT2D eigenvalue weighted by Gasteiger charge is -2.11. The number of unbranched alkanes of at least 4 members (excludes halogenated alkanes) is 8. The summed E-state index contributed by atoms with van der Waals surface area (Å²) >= 11 is 0. The number of hydrogen-bond donors (Lipinski definition) is 0. The fourth-order valence-electron chi connectivity index (χ4n) is 2.57. The van der Waals surface area contributed by atoms with Crippen LogP contribution in [0.1, 0.15) is 80.6 Å². The molecular weight excluding hydrogens is 341 g/mol. The third-order valence-corrected chi connectivity index (χ3v) is 4.01. The minimum atomic E-state index is -4.59. The summed E-state index contributed by atoms with van der Waals surface area (Å²) in [5.74, 6) is 4.59. The van der Waals surface area contributed by atoms with Crippen molar-refractivity contribution in [3.05, 3.63) is 35.4 Å². The van der Waals surface area contributed by atoms with Crippen molar-refractivity contribution in [2.75, 3.05) is 6.61 Å². The van der Waals surface area contributed by atoms with Gasteiger partial charge in [0.25, 0.3) is 0 Å². The Morgan fingerprint density at radius 3 is 2.23 bits per heavy atom. The van der Waals surface area contributed by atoms with E-state index in [0.717, 1.165) is 25.0 Å². The Hall–Kier alpha value is -1.96. The van der Waals surface area contributed by atoms with Gasteiger partial charge in [0.15, 0.2) is 6.61 Å². The molecule has 2 nitrogen and oxygen atoms in total. The summed E-state index contributed by atoms with van der Waals surface area (Å²) in [5, 5.41) is 0. The van der Waals surface area contributed by atoms with Crippen LogP contribution < -0.4 is 0 Å². The Balaban J connectivity index is 2.23. The van der Waals surface area contributed by atoms with E-state index in [1.807, 2.05) is 0 Å². The van der Waals surface area contributed by atoms with E-state index >= 15 is 0 Å². The molecule has 0 amide bonds. The van der Waals surface area contributed by atoms with E-state index in [1.165, 1.54) is 50.7 Å². The average Bonchev–Trinajstić information content (AvgIpc) is 2.61. The number of carbonyl (C=O) groups is 1. The SMILES string of the molecule is CCCCCCCCCCC#CCOC(=O)c1ccccc1C(F)(F)F. The van der Waals surface area contributed by atoms with Gasteiger partial charge in [0.05, 0.1) is 11.1 Å². The van der Waals surface area contributed by atoms with Crippen molar-refractivity contribution in [1.82, 2.24) is 0 Å². The predicted octanol–water partition coefficient (Wildman–Crippen LogP) is 6.40. The molecule has 26 heavy (non-hydrogen) atoms. The van der Waals surface area contributed by atoms with Crippen molar-refractivity contribution < 1.29 is 22.7 Å². The molecule has 1 aromatic carbocycles. The lowest BCUT2D eigenvalue weighted by molar-refractivity contribution is -0.138. The van der Waals surface area contributed by atoms with E-state index in [4.69, 9.17) is 4.74 Å². The van der Waals surface area contributed by atoms with Gasteiger partial charge in [-0.1, -0.05) is 75.8 Å². The zero-order valence-electron chi connectivity index (χ0n) is 15.3. The van der Waals surface area contributed by atoms with Gasteiger partial charge in [0.1, 0.15) is 0 Å². The number of ether oxygens (including phenoxy) is 1. The maximum absolute atomic E-state index is 12.9. The monoisotopic (exact) mass is 368 g/mol. The molecule has 0 radical (unpaired) electrons. The third-order valence-electron chi connectivity index (χ3n) is 4.01. The van der Waals surface area contributed by atoms with Crippen LogP contribution >= 0.6 is 0 Å². The van der Waals surface area contributed by atoms with E-state index in [2.05, 4.69) is 18.8 Å². The first-order valence-corrected chi connectivity index (χ1v) is 9.26. The smallest absolute Gasteiger partial charge is 0.417 e. The number of esters is 1. The van der Waals surface area contributed by atoms with Gasteiger partial charge in [-0.05, 0) is 18.6 Å². The van der Waals surface area contributed by atoms with Crippen molar-refractivity contribution in [2.24, 2.45) is 0 Å². The highest BCUT2D eigenvalue weighted by Gasteiger charge is 2.35. The molecule has 0 aliphatic heterocycles. The first-order chi connectivity index (χ1) is 12.5. The molecule has 0 N–H and O–H groups in total. The van der Waals surface area contributed by atoms with Crippen LogP contribution in [0.5, 0.6) is 0 Å². The molecule has 0 saturated heterocycles. The van der Waals surface area contributed by atoms with Gasteiger partial charge in [-0.15, -0.1) is 0 Å². The lowest BCUT2D eigenvalue weighted by atomic mass is 10.1. The standard InChI is InChI=1S/C21H27F3O2/c1-2-3-4-5-6-7-8-9-10-11-14-17-26-20(25)18-15-12-13-16-19(18)21(22,23)24/h12-13,15-16H,2-10,17H2,1H3. The van der Waals surface area contributed by atoms with Gasteiger partial charge in [-0.25, -0.2) is 4.79 Å². The minimum Gasteiger partial charge on any atom is -0.449 e. The summed E-state index contributed by atoms with van der Waals surface area (Å²) in [7, 11) is 0. The van der Waals surface area contributed by atoms with Gasteiger partial charge >= 0.3 is 12.1 Å². The zero-order valence-corrected chi connectivity index (χ0v) is 15.3. The van der Waals surface area contributed by atoms with Gasteiger partial charge in [-0.3, -0.25) is 0 Å². The van der Waals surface area contributed by atoms with Crippen LogP contribution in [0.3, 0.4) is 0 Å². The molecule has 0 unspecified atom stereocenters. The Morgan fingerprint density at radius 2 is 1.58 bits per heavy atom. The average molecular weight is 368 g/mol. The number of rotatable bonds is 10. The third kappa shape index (κ3) is 8.94. The Labute approximate surface area is 154 Å². The molecule has 0 spiro atoms. The highest BCUT2D eigenvalue weighted by Crippen LogP contribution is 2.32. The van der Waals surface area contributed by atoms with Crippen LogP contribution in [0.4, 0.5) is 13.2 Å². The molecule has 1 aromatic rings. The highest BCUT2D eigenvalue weighted by molar-refractivity contribution is 5.91. The van der Waals surface area contributed by atoms with E-state index in [1.54, 1.807) is 0 Å². The first-order valence-electron chi connectivity index (χ1n) is 9.26. The molecule has 144 valence electrons. The van der Waals surface area contributed by atoms with Crippen molar-refractivity contribution in [2.45, 2.75) is 70.9 Å². The molecule has 1 rings (SSSR count). The van der Waals surface area contributed by atoms with Gasteiger partial charge < -0.3 is 4.74 Å². The normalized spacial score (nSPS) is 10.9. The molecule has 0 heterocycles. The summed E-state index contributed by atoms with van der Waals surface area (Å²) in [4.78, 5) is 11.8. The van der Waals surface area contributed by atoms with E-state index < -0.39 is 23.3 Å². The quantitative estimate of drug-likeness (QED) is 0.271. The summed E-state index contributed by atoms with van der Waals surface area (Å²) < 4.78 is 43.4. The van der Waals surface area contributed by atoms with Crippen LogP contribution in [-0.4, -0.2) is 12.6 Å². The minimum absolute atomic E-state index is 0.192. The Kier molecular flexibility index (Phi) is 10.5. The van der Waals surface area contributed by atoms with Crippen LogP contribution in [0.2, 0.25) is 0 Å². The Bertz CT molecular complexity index is 597. The van der Waals surface area contributed by atoms with Gasteiger partial charge in [-0.2, -0.15) is 13.2 Å². The second-order valence-corrected chi connectivity index (χ2v) is 6.20. The molecule has 0 aliphatic rings. The fourth-order valence-corrected chi connectivity index (χ4v) is 2.57. The topological polar surface area (TPSA) is 26.3 Å². The van der Waals surface area contributed by atoms with Gasteiger partial charge in [0, 0.05) is 6.42 Å². The highest BCUT2D eigenvalue weighted by atomic mass is 19.4. The lowest BCUT2D eigenvalue weighted by Crippen LogP contribution is -2.15. The molecule has 0 fully saturated rings. The predicted molar refractivity (Wildman–Crippen MR) is 96.7 cm³/mol. The van der Waals surface area contributed by atoms with Crippen LogP contribution in [0, 0.1) is 11.8 Å². The van der Waals surface area contributed by atoms with Crippen LogP contribution in [0.15, 0.2) is 24.3 Å². The van der Waals surface area contributed by atoms with E-state index in [-0.39, 0.29) is 6.61 Å². The van der Waals surface area contributed by atoms with Crippen molar-refractivity contribution >= 4 is 5.97 Å². The summed E-state index contributed by atoms with van der Waals surface area (Å²) in [6.07, 6.45) is 5.85. The molecule has 0 saturated carbocycles. The molecule has 0 aromatic heterocycles. The van der Waals surface area contributed by atoms with Gasteiger partial charge in [0.2, 0.25) is 0 Å². The zero-order chi connectivity index (χ0) is 19.3. The van der Waals surface area contributed by atoms with E-state index in [0.29, 0.717) is 6.42 Å². The maximum Gasteiger partial charge on any atom is 0.417 e. The van der Waals surface area contributed by atoms with Crippen LogP contribution in [-0.2, 0) is 10.9 Å². The molecule has 0 bridgehead atoms. The number of alkyl halides is 3. The fraction of sp³-hybridized carbons (Fsp3) is 0.571. The number of benzene rings is 1. The number of hydrogen-bond acceptors (Lipinski definition) is 2. The second-order valence-electron chi connectivity index (χ2n) is 6.20. The van der Waals surface area contributed by atoms with E-state index in [9.17, 15) is 18.0 Å². The van der Waals surface area contributed by atoms with Crippen molar-refractivity contribution in [3.8, 4) is 11.8 Å². The molecular formula is C21H27F3O2. The second kappa shape index (κ2) is 12.4. The first kappa shape index (κ1) is 22.1. The molecule has 0 atom stereocenters. The van der Waals surface area contributed by atoms with Crippen LogP contribution in [0.25, 0.3) is 0 Å². The number of carbonyl (C=O) groups excluding carboxylic acids is 1. The summed E-state index contributed by atoms with van der Waals surface area (Å²) in [6, 6.07) is 4.59. The van der Waals surface area contributed by atoms with Crippen molar-refractivity contribution in [1.29, 1.82) is 0 Å². The molecule has 5 heteroatoms. The van der Waals surface area contributed by atoms with Crippen molar-refractivity contribution in [3.63, 3.8) is 0 Å². The largest absolute Gasteiger partial charge is 0.449 e.